The molecule has 0 bridgehead atoms. The van der Waals surface area contributed by atoms with Crippen LogP contribution in [0.2, 0.25) is 5.02 Å². The Hall–Kier alpha value is -1.52. The van der Waals surface area contributed by atoms with Gasteiger partial charge in [-0.15, -0.1) is 0 Å². The second kappa shape index (κ2) is 6.29. The molecule has 2 rings (SSSR count). The average molecular weight is 300 g/mol. The molecule has 2 aromatic rings. The van der Waals surface area contributed by atoms with Crippen LogP contribution < -0.4 is 5.32 Å². The molecule has 106 valence electrons. The second-order valence-electron chi connectivity index (χ2n) is 4.38. The molecule has 1 unspecified atom stereocenters. The monoisotopic (exact) mass is 299 g/mol. The zero-order chi connectivity index (χ0) is 14.7. The highest BCUT2D eigenvalue weighted by molar-refractivity contribution is 6.31. The third kappa shape index (κ3) is 2.97. The van der Waals surface area contributed by atoms with E-state index < -0.39 is 23.5 Å². The fourth-order valence-corrected chi connectivity index (χ4v) is 2.36. The van der Waals surface area contributed by atoms with Crippen molar-refractivity contribution >= 4 is 11.6 Å². The summed E-state index contributed by atoms with van der Waals surface area (Å²) in [6.07, 6.45) is 0.0554. The van der Waals surface area contributed by atoms with Crippen LogP contribution in [-0.2, 0) is 6.42 Å². The number of benzene rings is 2. The normalized spacial score (nSPS) is 12.4. The van der Waals surface area contributed by atoms with E-state index in [1.165, 1.54) is 30.3 Å². The lowest BCUT2D eigenvalue weighted by Gasteiger charge is -2.19. The summed E-state index contributed by atoms with van der Waals surface area (Å²) in [5.41, 5.74) is 0.116. The van der Waals surface area contributed by atoms with Gasteiger partial charge in [-0.2, -0.15) is 0 Å². The summed E-state index contributed by atoms with van der Waals surface area (Å²) >= 11 is 5.94. The predicted octanol–water partition coefficient (Wildman–Crippen LogP) is 4.26. The molecule has 0 aromatic heterocycles. The summed E-state index contributed by atoms with van der Waals surface area (Å²) in [7, 11) is 1.56. The number of hydrogen-bond donors (Lipinski definition) is 1. The van der Waals surface area contributed by atoms with Crippen LogP contribution in [0.25, 0.3) is 0 Å². The van der Waals surface area contributed by atoms with Crippen molar-refractivity contribution in [2.45, 2.75) is 12.5 Å². The Bertz CT molecular complexity index is 576. The fourth-order valence-electron chi connectivity index (χ4n) is 2.12. The summed E-state index contributed by atoms with van der Waals surface area (Å²) in [4.78, 5) is 0. The number of rotatable bonds is 4. The minimum absolute atomic E-state index is 0.0554. The van der Waals surface area contributed by atoms with Crippen molar-refractivity contribution in [3.05, 3.63) is 70.0 Å². The van der Waals surface area contributed by atoms with Crippen LogP contribution in [-0.4, -0.2) is 7.05 Å². The quantitative estimate of drug-likeness (QED) is 0.889. The van der Waals surface area contributed by atoms with Gasteiger partial charge in [0.1, 0.15) is 17.5 Å². The van der Waals surface area contributed by atoms with Crippen molar-refractivity contribution in [2.75, 3.05) is 7.05 Å². The van der Waals surface area contributed by atoms with Crippen molar-refractivity contribution in [3.8, 4) is 0 Å². The smallest absolute Gasteiger partial charge is 0.130 e. The van der Waals surface area contributed by atoms with Crippen molar-refractivity contribution in [2.24, 2.45) is 0 Å². The Morgan fingerprint density at radius 3 is 2.10 bits per heavy atom. The number of likely N-dealkylation sites (N-methyl/N-ethyl adjacent to an activating group) is 1. The van der Waals surface area contributed by atoms with Crippen LogP contribution in [0, 0.1) is 17.5 Å². The molecule has 1 N–H and O–H groups in total. The minimum Gasteiger partial charge on any atom is -0.313 e. The summed E-state index contributed by atoms with van der Waals surface area (Å²) in [5.74, 6) is -1.83. The van der Waals surface area contributed by atoms with Crippen LogP contribution in [0.4, 0.5) is 13.2 Å². The second-order valence-corrected chi connectivity index (χ2v) is 4.79. The van der Waals surface area contributed by atoms with E-state index in [1.807, 2.05) is 0 Å². The maximum Gasteiger partial charge on any atom is 0.130 e. The van der Waals surface area contributed by atoms with Gasteiger partial charge in [0.15, 0.2) is 0 Å². The van der Waals surface area contributed by atoms with Gasteiger partial charge < -0.3 is 5.32 Å². The van der Waals surface area contributed by atoms with Crippen LogP contribution in [0.5, 0.6) is 0 Å². The molecule has 20 heavy (non-hydrogen) atoms. The van der Waals surface area contributed by atoms with Gasteiger partial charge in [-0.25, -0.2) is 13.2 Å². The highest BCUT2D eigenvalue weighted by Crippen LogP contribution is 2.28. The highest BCUT2D eigenvalue weighted by atomic mass is 35.5. The Morgan fingerprint density at radius 2 is 1.55 bits per heavy atom. The van der Waals surface area contributed by atoms with Gasteiger partial charge in [0.05, 0.1) is 0 Å². The Kier molecular flexibility index (Phi) is 4.68. The topological polar surface area (TPSA) is 12.0 Å². The molecule has 0 fully saturated rings. The van der Waals surface area contributed by atoms with Gasteiger partial charge in [0.2, 0.25) is 0 Å². The van der Waals surface area contributed by atoms with Crippen LogP contribution in [0.15, 0.2) is 36.4 Å². The van der Waals surface area contributed by atoms with Gasteiger partial charge in [-0.3, -0.25) is 0 Å². The number of halogens is 4. The molecule has 2 aromatic carbocycles. The largest absolute Gasteiger partial charge is 0.313 e. The molecule has 0 heterocycles. The molecule has 0 aliphatic carbocycles. The molecule has 5 heteroatoms. The Morgan fingerprint density at radius 1 is 1.00 bits per heavy atom. The fraction of sp³-hybridized carbons (Fsp3) is 0.200. The zero-order valence-electron chi connectivity index (χ0n) is 10.8. The first-order valence-corrected chi connectivity index (χ1v) is 6.46. The Balaban J connectivity index is 2.39. The molecule has 0 saturated heterocycles. The molecular weight excluding hydrogens is 287 g/mol. The van der Waals surface area contributed by atoms with Gasteiger partial charge in [0, 0.05) is 22.2 Å². The molecule has 0 saturated carbocycles. The van der Waals surface area contributed by atoms with E-state index in [9.17, 15) is 13.2 Å². The summed E-state index contributed by atoms with van der Waals surface area (Å²) in [6.45, 7) is 0. The minimum atomic E-state index is -0.703. The molecule has 1 nitrogen and oxygen atoms in total. The lowest BCUT2D eigenvalue weighted by molar-refractivity contribution is 0.482. The summed E-state index contributed by atoms with van der Waals surface area (Å²) < 4.78 is 41.3. The van der Waals surface area contributed by atoms with E-state index in [4.69, 9.17) is 11.6 Å². The molecular formula is C15H13ClF3N. The first-order valence-electron chi connectivity index (χ1n) is 6.08. The molecule has 0 amide bonds. The van der Waals surface area contributed by atoms with Gasteiger partial charge >= 0.3 is 0 Å². The summed E-state index contributed by atoms with van der Waals surface area (Å²) in [6, 6.07) is 7.23. The lowest BCUT2D eigenvalue weighted by atomic mass is 9.97. The number of hydrogen-bond acceptors (Lipinski definition) is 1. The first-order chi connectivity index (χ1) is 9.54. The highest BCUT2D eigenvalue weighted by Gasteiger charge is 2.21. The number of nitrogens with one attached hydrogen (secondary N) is 1. The van der Waals surface area contributed by atoms with E-state index in [1.54, 1.807) is 13.1 Å². The molecule has 0 aliphatic heterocycles. The van der Waals surface area contributed by atoms with Crippen molar-refractivity contribution in [1.82, 2.24) is 5.32 Å². The summed E-state index contributed by atoms with van der Waals surface area (Å²) in [5, 5.41) is 3.04. The SMILES string of the molecule is CNC(Cc1c(F)cccc1Cl)c1c(F)cccc1F. The van der Waals surface area contributed by atoms with E-state index in [-0.39, 0.29) is 22.6 Å². The zero-order valence-corrected chi connectivity index (χ0v) is 11.5. The maximum atomic E-state index is 13.8. The van der Waals surface area contributed by atoms with Crippen LogP contribution >= 0.6 is 11.6 Å². The molecule has 0 aliphatic rings. The lowest BCUT2D eigenvalue weighted by Crippen LogP contribution is -2.22. The third-order valence-electron chi connectivity index (χ3n) is 3.17. The third-order valence-corrected chi connectivity index (χ3v) is 3.52. The molecule has 0 radical (unpaired) electrons. The predicted molar refractivity (Wildman–Crippen MR) is 73.3 cm³/mol. The van der Waals surface area contributed by atoms with Gasteiger partial charge in [0.25, 0.3) is 0 Å². The van der Waals surface area contributed by atoms with Gasteiger partial charge in [-0.05, 0) is 37.7 Å². The van der Waals surface area contributed by atoms with Crippen LogP contribution in [0.3, 0.4) is 0 Å². The Labute approximate surface area is 120 Å². The average Bonchev–Trinajstić information content (AvgIpc) is 2.40. The molecule has 1 atom stereocenters. The van der Waals surface area contributed by atoms with Crippen LogP contribution in [0.1, 0.15) is 17.2 Å². The van der Waals surface area contributed by atoms with Crippen molar-refractivity contribution in [1.29, 1.82) is 0 Å². The van der Waals surface area contributed by atoms with E-state index >= 15 is 0 Å². The van der Waals surface area contributed by atoms with E-state index in [0.29, 0.717) is 0 Å². The standard InChI is InChI=1S/C15H13ClF3N/c1-20-14(15-12(18)6-3-7-13(15)19)8-9-10(16)4-2-5-11(9)17/h2-7,14,20H,8H2,1H3. The van der Waals surface area contributed by atoms with Gasteiger partial charge in [-0.1, -0.05) is 23.7 Å². The van der Waals surface area contributed by atoms with Crippen molar-refractivity contribution < 1.29 is 13.2 Å². The molecule has 0 spiro atoms. The van der Waals surface area contributed by atoms with Crippen molar-refractivity contribution in [3.63, 3.8) is 0 Å². The van der Waals surface area contributed by atoms with E-state index in [0.717, 1.165) is 0 Å². The van der Waals surface area contributed by atoms with E-state index in [2.05, 4.69) is 5.32 Å². The first kappa shape index (κ1) is 14.9. The maximum absolute atomic E-state index is 13.8.